The van der Waals surface area contributed by atoms with Gasteiger partial charge in [0.25, 0.3) is 0 Å². The number of fused-ring (bicyclic) bond motifs is 1. The summed E-state index contributed by atoms with van der Waals surface area (Å²) in [7, 11) is 0. The van der Waals surface area contributed by atoms with Crippen molar-refractivity contribution in [3.05, 3.63) is 45.8 Å². The molecule has 2 rings (SSSR count). The van der Waals surface area contributed by atoms with Crippen molar-refractivity contribution in [3.8, 4) is 6.07 Å². The third-order valence-corrected chi connectivity index (χ3v) is 2.75. The van der Waals surface area contributed by atoms with Crippen LogP contribution in [0.3, 0.4) is 0 Å². The first kappa shape index (κ1) is 12.2. The van der Waals surface area contributed by atoms with Gasteiger partial charge in [-0.1, -0.05) is 0 Å². The van der Waals surface area contributed by atoms with Gasteiger partial charge in [-0.05, 0) is 19.9 Å². The Balaban J connectivity index is 3.02. The van der Waals surface area contributed by atoms with E-state index in [1.807, 2.05) is 13.8 Å². The molecule has 0 radical (unpaired) electrons. The highest BCUT2D eigenvalue weighted by Crippen LogP contribution is 2.19. The molecular weight excluding hydrogens is 238 g/mol. The number of halogens is 2. The fraction of sp³-hybridized carbons (Fsp3) is 0.231. The Morgan fingerprint density at radius 2 is 1.89 bits per heavy atom. The summed E-state index contributed by atoms with van der Waals surface area (Å²) in [5.74, 6) is -2.11. The van der Waals surface area contributed by atoms with Crippen LogP contribution in [0.4, 0.5) is 8.78 Å². The molecule has 5 heteroatoms. The van der Waals surface area contributed by atoms with Crippen molar-refractivity contribution in [2.45, 2.75) is 19.9 Å². The van der Waals surface area contributed by atoms with Gasteiger partial charge in [0.1, 0.15) is 11.6 Å². The number of rotatable bonds is 1. The lowest BCUT2D eigenvalue weighted by atomic mass is 10.1. The minimum Gasteiger partial charge on any atom is -0.343 e. The van der Waals surface area contributed by atoms with Crippen molar-refractivity contribution < 1.29 is 8.78 Å². The summed E-state index contributed by atoms with van der Waals surface area (Å²) in [6, 6.07) is 3.51. The third kappa shape index (κ3) is 1.76. The number of pyridine rings is 1. The average molecular weight is 248 g/mol. The van der Waals surface area contributed by atoms with Crippen molar-refractivity contribution in [1.82, 2.24) is 4.57 Å². The van der Waals surface area contributed by atoms with Crippen LogP contribution in [-0.4, -0.2) is 4.57 Å². The van der Waals surface area contributed by atoms with Crippen LogP contribution in [0.1, 0.15) is 25.5 Å². The summed E-state index contributed by atoms with van der Waals surface area (Å²) in [6.07, 6.45) is 1.37. The number of nitrogens with zero attached hydrogens (tertiary/aromatic N) is 2. The highest BCUT2D eigenvalue weighted by molar-refractivity contribution is 5.80. The van der Waals surface area contributed by atoms with Crippen LogP contribution in [0.2, 0.25) is 0 Å². The summed E-state index contributed by atoms with van der Waals surface area (Å²) >= 11 is 0. The molecule has 0 saturated heterocycles. The Labute approximate surface area is 102 Å². The van der Waals surface area contributed by atoms with E-state index in [0.29, 0.717) is 0 Å². The van der Waals surface area contributed by atoms with E-state index in [0.717, 1.165) is 12.1 Å². The lowest BCUT2D eigenvalue weighted by Crippen LogP contribution is -2.15. The molecule has 0 amide bonds. The highest BCUT2D eigenvalue weighted by atomic mass is 19.2. The molecule has 1 aromatic heterocycles. The first-order valence-corrected chi connectivity index (χ1v) is 5.39. The zero-order valence-corrected chi connectivity index (χ0v) is 9.87. The second-order valence-corrected chi connectivity index (χ2v) is 4.27. The topological polar surface area (TPSA) is 45.8 Å². The van der Waals surface area contributed by atoms with E-state index in [1.54, 1.807) is 10.6 Å². The van der Waals surface area contributed by atoms with Crippen molar-refractivity contribution in [1.29, 1.82) is 5.26 Å². The van der Waals surface area contributed by atoms with Crippen LogP contribution in [-0.2, 0) is 0 Å². The molecule has 0 spiro atoms. The molecule has 0 unspecified atom stereocenters. The van der Waals surface area contributed by atoms with Crippen molar-refractivity contribution in [2.75, 3.05) is 0 Å². The first-order valence-electron chi connectivity index (χ1n) is 5.39. The third-order valence-electron chi connectivity index (χ3n) is 2.75. The van der Waals surface area contributed by atoms with Gasteiger partial charge in [-0.15, -0.1) is 0 Å². The largest absolute Gasteiger partial charge is 0.343 e. The zero-order chi connectivity index (χ0) is 13.4. The van der Waals surface area contributed by atoms with Crippen LogP contribution in [0, 0.1) is 23.0 Å². The van der Waals surface area contributed by atoms with E-state index in [1.165, 1.54) is 6.20 Å². The monoisotopic (exact) mass is 248 g/mol. The van der Waals surface area contributed by atoms with Crippen molar-refractivity contribution >= 4 is 10.9 Å². The normalized spacial score (nSPS) is 10.9. The number of aromatic nitrogens is 1. The van der Waals surface area contributed by atoms with Gasteiger partial charge >= 0.3 is 0 Å². The SMILES string of the molecule is CC(C)n1cc(C#N)c(=O)c2cc(F)c(F)cc21. The molecule has 0 atom stereocenters. The Morgan fingerprint density at radius 1 is 1.28 bits per heavy atom. The molecule has 0 aliphatic carbocycles. The smallest absolute Gasteiger partial charge is 0.207 e. The number of benzene rings is 1. The molecule has 92 valence electrons. The summed E-state index contributed by atoms with van der Waals surface area (Å²) in [5.41, 5.74) is -0.376. The zero-order valence-electron chi connectivity index (χ0n) is 9.87. The van der Waals surface area contributed by atoms with Gasteiger partial charge in [0.05, 0.1) is 10.9 Å². The maximum atomic E-state index is 13.3. The molecule has 0 aliphatic heterocycles. The van der Waals surface area contributed by atoms with Gasteiger partial charge in [-0.3, -0.25) is 4.79 Å². The van der Waals surface area contributed by atoms with Crippen LogP contribution in [0.15, 0.2) is 23.1 Å². The van der Waals surface area contributed by atoms with Gasteiger partial charge in [-0.25, -0.2) is 8.78 Å². The van der Waals surface area contributed by atoms with Crippen LogP contribution >= 0.6 is 0 Å². The van der Waals surface area contributed by atoms with E-state index >= 15 is 0 Å². The molecular formula is C13H10F2N2O. The Kier molecular flexibility index (Phi) is 2.87. The molecule has 0 N–H and O–H groups in total. The van der Waals surface area contributed by atoms with Gasteiger partial charge < -0.3 is 4.57 Å². The maximum absolute atomic E-state index is 13.3. The van der Waals surface area contributed by atoms with E-state index in [9.17, 15) is 13.6 Å². The lowest BCUT2D eigenvalue weighted by Gasteiger charge is -2.15. The van der Waals surface area contributed by atoms with Crippen LogP contribution < -0.4 is 5.43 Å². The summed E-state index contributed by atoms with van der Waals surface area (Å²) in [5, 5.41) is 8.89. The predicted octanol–water partition coefficient (Wildman–Crippen LogP) is 2.73. The van der Waals surface area contributed by atoms with Crippen LogP contribution in [0.25, 0.3) is 10.9 Å². The fourth-order valence-corrected chi connectivity index (χ4v) is 1.85. The van der Waals surface area contributed by atoms with Crippen molar-refractivity contribution in [2.24, 2.45) is 0 Å². The second-order valence-electron chi connectivity index (χ2n) is 4.27. The average Bonchev–Trinajstić information content (AvgIpc) is 2.32. The van der Waals surface area contributed by atoms with Gasteiger partial charge in [0.15, 0.2) is 11.6 Å². The highest BCUT2D eigenvalue weighted by Gasteiger charge is 2.14. The quantitative estimate of drug-likeness (QED) is 0.779. The molecule has 18 heavy (non-hydrogen) atoms. The molecule has 1 heterocycles. The van der Waals surface area contributed by atoms with E-state index in [4.69, 9.17) is 5.26 Å². The summed E-state index contributed by atoms with van der Waals surface area (Å²) in [4.78, 5) is 11.9. The van der Waals surface area contributed by atoms with Gasteiger partial charge in [-0.2, -0.15) is 5.26 Å². The minimum absolute atomic E-state index is 0.0154. The van der Waals surface area contributed by atoms with Crippen LogP contribution in [0.5, 0.6) is 0 Å². The standard InChI is InChI=1S/C13H10F2N2O/c1-7(2)17-6-8(5-16)13(18)9-3-10(14)11(15)4-12(9)17/h3-4,6-7H,1-2H3. The number of hydrogen-bond acceptors (Lipinski definition) is 2. The Morgan fingerprint density at radius 3 is 2.44 bits per heavy atom. The summed E-state index contributed by atoms with van der Waals surface area (Å²) < 4.78 is 28.0. The number of nitriles is 1. The lowest BCUT2D eigenvalue weighted by molar-refractivity contribution is 0.509. The Bertz CT molecular complexity index is 726. The second kappa shape index (κ2) is 4.22. The maximum Gasteiger partial charge on any atom is 0.207 e. The number of hydrogen-bond donors (Lipinski definition) is 0. The fourth-order valence-electron chi connectivity index (χ4n) is 1.85. The van der Waals surface area contributed by atoms with Gasteiger partial charge in [0, 0.05) is 18.3 Å². The molecule has 2 aromatic rings. The molecule has 0 aliphatic rings. The molecule has 0 bridgehead atoms. The molecule has 0 fully saturated rings. The minimum atomic E-state index is -1.09. The van der Waals surface area contributed by atoms with E-state index in [-0.39, 0.29) is 22.5 Å². The predicted molar refractivity (Wildman–Crippen MR) is 63.2 cm³/mol. The first-order chi connectivity index (χ1) is 8.45. The molecule has 1 aromatic carbocycles. The van der Waals surface area contributed by atoms with E-state index in [2.05, 4.69) is 0 Å². The summed E-state index contributed by atoms with van der Waals surface area (Å²) in [6.45, 7) is 3.65. The van der Waals surface area contributed by atoms with E-state index < -0.39 is 17.1 Å². The molecule has 3 nitrogen and oxygen atoms in total. The molecule has 0 saturated carbocycles. The van der Waals surface area contributed by atoms with Gasteiger partial charge in [0.2, 0.25) is 5.43 Å². The Hall–Kier alpha value is -2.22. The van der Waals surface area contributed by atoms with Crippen molar-refractivity contribution in [3.63, 3.8) is 0 Å².